The van der Waals surface area contributed by atoms with E-state index in [0.29, 0.717) is 49.7 Å². The van der Waals surface area contributed by atoms with Crippen LogP contribution in [0.15, 0.2) is 72.8 Å². The topological polar surface area (TPSA) is 113 Å². The van der Waals surface area contributed by atoms with Crippen molar-refractivity contribution in [3.8, 4) is 17.0 Å². The SMILES string of the molecule is O=C(O)C=Cc1ccc(NC(=O)N2CCC(NC(=O)c3ccc4c(C5CCCCC5)c5n(c4c3)CCOc3ccccc3-5)CC2)cc1. The molecular formula is C38H40N4O5. The normalized spacial score (nSPS) is 17.1. The number of piperidine rings is 1. The zero-order chi connectivity index (χ0) is 32.3. The molecule has 1 aliphatic carbocycles. The predicted molar refractivity (Wildman–Crippen MR) is 183 cm³/mol. The number of carboxylic acids is 1. The maximum atomic E-state index is 13.6. The van der Waals surface area contributed by atoms with Crippen LogP contribution in [-0.4, -0.2) is 58.2 Å². The second-order valence-corrected chi connectivity index (χ2v) is 12.8. The first-order chi connectivity index (χ1) is 22.9. The maximum Gasteiger partial charge on any atom is 0.328 e. The summed E-state index contributed by atoms with van der Waals surface area (Å²) >= 11 is 0. The number of nitrogens with zero attached hydrogens (tertiary/aromatic N) is 2. The Balaban J connectivity index is 1.04. The highest BCUT2D eigenvalue weighted by Gasteiger charge is 2.30. The lowest BCUT2D eigenvalue weighted by Crippen LogP contribution is -2.47. The number of likely N-dealkylation sites (tertiary alicyclic amines) is 1. The minimum absolute atomic E-state index is 0.0231. The zero-order valence-electron chi connectivity index (χ0n) is 26.4. The van der Waals surface area contributed by atoms with Crippen LogP contribution in [0.5, 0.6) is 5.75 Å². The molecule has 2 fully saturated rings. The molecule has 1 saturated heterocycles. The number of fused-ring (bicyclic) bond motifs is 5. The standard InChI is InChI=1S/C38H40N4O5/c43-34(44)17-12-25-10-14-28(15-11-25)40-38(46)41-20-18-29(19-21-41)39-37(45)27-13-16-30-32(24-27)42-22-23-47-33-9-5-4-8-31(33)36(42)35(30)26-6-2-1-3-7-26/h4-5,8-17,24,26,29H,1-3,6-7,18-23H2,(H,39,45)(H,40,46)(H,43,44). The number of aromatic nitrogens is 1. The Morgan fingerprint density at radius 1 is 0.872 bits per heavy atom. The van der Waals surface area contributed by atoms with Gasteiger partial charge in [-0.3, -0.25) is 4.79 Å². The lowest BCUT2D eigenvalue weighted by atomic mass is 9.81. The fraction of sp³-hybridized carbons (Fsp3) is 0.342. The monoisotopic (exact) mass is 632 g/mol. The van der Waals surface area contributed by atoms with E-state index < -0.39 is 5.97 Å². The summed E-state index contributed by atoms with van der Waals surface area (Å²) in [5.41, 5.74) is 6.89. The van der Waals surface area contributed by atoms with E-state index in [1.54, 1.807) is 29.2 Å². The quantitative estimate of drug-likeness (QED) is 0.194. The van der Waals surface area contributed by atoms with Crippen LogP contribution in [0, 0.1) is 0 Å². The molecule has 242 valence electrons. The summed E-state index contributed by atoms with van der Waals surface area (Å²) < 4.78 is 8.56. The first-order valence-electron chi connectivity index (χ1n) is 16.7. The molecule has 0 unspecified atom stereocenters. The molecule has 3 aliphatic rings. The van der Waals surface area contributed by atoms with E-state index in [-0.39, 0.29) is 18.0 Å². The van der Waals surface area contributed by atoms with Crippen LogP contribution in [-0.2, 0) is 11.3 Å². The summed E-state index contributed by atoms with van der Waals surface area (Å²) in [7, 11) is 0. The molecule has 3 heterocycles. The van der Waals surface area contributed by atoms with Crippen molar-refractivity contribution in [2.75, 3.05) is 25.0 Å². The fourth-order valence-electron chi connectivity index (χ4n) is 7.42. The molecule has 9 heteroatoms. The van der Waals surface area contributed by atoms with Crippen molar-refractivity contribution >= 4 is 40.6 Å². The number of anilines is 1. The van der Waals surface area contributed by atoms with Gasteiger partial charge in [-0.1, -0.05) is 49.6 Å². The van der Waals surface area contributed by atoms with Crippen molar-refractivity contribution in [2.24, 2.45) is 0 Å². The molecule has 1 saturated carbocycles. The van der Waals surface area contributed by atoms with Crippen LogP contribution in [0.3, 0.4) is 0 Å². The van der Waals surface area contributed by atoms with Gasteiger partial charge in [0.2, 0.25) is 0 Å². The number of benzene rings is 3. The number of carboxylic acid groups (broad SMARTS) is 1. The van der Waals surface area contributed by atoms with Gasteiger partial charge in [-0.25, -0.2) is 9.59 Å². The number of amides is 3. The number of para-hydroxylation sites is 1. The number of rotatable bonds is 6. The average molecular weight is 633 g/mol. The van der Waals surface area contributed by atoms with Crippen LogP contribution in [0.25, 0.3) is 28.2 Å². The number of ether oxygens (including phenoxy) is 1. The van der Waals surface area contributed by atoms with Gasteiger partial charge in [0, 0.05) is 52.9 Å². The van der Waals surface area contributed by atoms with Gasteiger partial charge >= 0.3 is 12.0 Å². The third-order valence-electron chi connectivity index (χ3n) is 9.79. The molecule has 47 heavy (non-hydrogen) atoms. The highest BCUT2D eigenvalue weighted by molar-refractivity contribution is 6.01. The van der Waals surface area contributed by atoms with Crippen molar-refractivity contribution in [2.45, 2.75) is 63.5 Å². The maximum absolute atomic E-state index is 13.6. The number of urea groups is 1. The third-order valence-corrected chi connectivity index (χ3v) is 9.79. The highest BCUT2D eigenvalue weighted by atomic mass is 16.5. The minimum Gasteiger partial charge on any atom is -0.491 e. The fourth-order valence-corrected chi connectivity index (χ4v) is 7.42. The van der Waals surface area contributed by atoms with Gasteiger partial charge in [0.1, 0.15) is 12.4 Å². The molecule has 9 nitrogen and oxygen atoms in total. The van der Waals surface area contributed by atoms with Gasteiger partial charge in [0.15, 0.2) is 0 Å². The molecule has 0 spiro atoms. The Labute approximate surface area is 274 Å². The van der Waals surface area contributed by atoms with Gasteiger partial charge in [-0.2, -0.15) is 0 Å². The van der Waals surface area contributed by atoms with Crippen LogP contribution in [0.2, 0.25) is 0 Å². The number of hydrogen-bond donors (Lipinski definition) is 3. The van der Waals surface area contributed by atoms with Crippen molar-refractivity contribution in [3.63, 3.8) is 0 Å². The number of hydrogen-bond acceptors (Lipinski definition) is 4. The van der Waals surface area contributed by atoms with Crippen molar-refractivity contribution in [1.29, 1.82) is 0 Å². The largest absolute Gasteiger partial charge is 0.491 e. The molecule has 3 amide bonds. The van der Waals surface area contributed by atoms with Crippen molar-refractivity contribution in [3.05, 3.63) is 89.5 Å². The Kier molecular flexibility index (Phi) is 8.70. The molecule has 0 bridgehead atoms. The van der Waals surface area contributed by atoms with E-state index in [4.69, 9.17) is 9.84 Å². The minimum atomic E-state index is -1.01. The first-order valence-corrected chi connectivity index (χ1v) is 16.7. The highest BCUT2D eigenvalue weighted by Crippen LogP contribution is 2.47. The van der Waals surface area contributed by atoms with Crippen LogP contribution >= 0.6 is 0 Å². The molecule has 3 aromatic carbocycles. The van der Waals surface area contributed by atoms with Gasteiger partial charge in [-0.15, -0.1) is 0 Å². The van der Waals surface area contributed by atoms with Crippen LogP contribution in [0.4, 0.5) is 10.5 Å². The van der Waals surface area contributed by atoms with Gasteiger partial charge < -0.3 is 29.9 Å². The van der Waals surface area contributed by atoms with Gasteiger partial charge in [0.25, 0.3) is 5.91 Å². The van der Waals surface area contributed by atoms with Crippen molar-refractivity contribution < 1.29 is 24.2 Å². The number of carbonyl (C=O) groups excluding carboxylic acids is 2. The Hall–Kier alpha value is -5.05. The smallest absolute Gasteiger partial charge is 0.328 e. The lowest BCUT2D eigenvalue weighted by molar-refractivity contribution is -0.131. The molecule has 4 aromatic rings. The Bertz CT molecular complexity index is 1830. The Morgan fingerprint density at radius 2 is 1.64 bits per heavy atom. The van der Waals surface area contributed by atoms with E-state index in [0.717, 1.165) is 35.0 Å². The van der Waals surface area contributed by atoms with E-state index in [2.05, 4.69) is 45.5 Å². The summed E-state index contributed by atoms with van der Waals surface area (Å²) in [4.78, 5) is 39.0. The predicted octanol–water partition coefficient (Wildman–Crippen LogP) is 7.27. The zero-order valence-corrected chi connectivity index (χ0v) is 26.4. The molecule has 0 atom stereocenters. The summed E-state index contributed by atoms with van der Waals surface area (Å²) in [6, 6.07) is 21.3. The van der Waals surface area contributed by atoms with E-state index in [1.807, 2.05) is 12.1 Å². The first kappa shape index (κ1) is 30.6. The number of aliphatic carboxylic acids is 1. The van der Waals surface area contributed by atoms with Crippen LogP contribution < -0.4 is 15.4 Å². The molecule has 1 aromatic heterocycles. The summed E-state index contributed by atoms with van der Waals surface area (Å²) in [6.45, 7) is 2.37. The molecular weight excluding hydrogens is 592 g/mol. The second-order valence-electron chi connectivity index (χ2n) is 12.8. The summed E-state index contributed by atoms with van der Waals surface area (Å²) in [5.74, 6) is 0.318. The third kappa shape index (κ3) is 6.48. The molecule has 0 radical (unpaired) electrons. The summed E-state index contributed by atoms with van der Waals surface area (Å²) in [5, 5.41) is 16.2. The lowest BCUT2D eigenvalue weighted by Gasteiger charge is -2.32. The number of nitrogens with one attached hydrogen (secondary N) is 2. The Morgan fingerprint density at radius 3 is 2.40 bits per heavy atom. The molecule has 7 rings (SSSR count). The van der Waals surface area contributed by atoms with Crippen LogP contribution in [0.1, 0.15) is 72.3 Å². The molecule has 3 N–H and O–H groups in total. The number of carbonyl (C=O) groups is 3. The van der Waals surface area contributed by atoms with Crippen molar-refractivity contribution in [1.82, 2.24) is 14.8 Å². The second kappa shape index (κ2) is 13.4. The van der Waals surface area contributed by atoms with Gasteiger partial charge in [0.05, 0.1) is 12.2 Å². The van der Waals surface area contributed by atoms with E-state index in [1.165, 1.54) is 54.8 Å². The molecule has 2 aliphatic heterocycles. The van der Waals surface area contributed by atoms with E-state index in [9.17, 15) is 14.4 Å². The van der Waals surface area contributed by atoms with Gasteiger partial charge in [-0.05, 0) is 85.2 Å². The average Bonchev–Trinajstić information content (AvgIpc) is 3.29. The van der Waals surface area contributed by atoms with E-state index >= 15 is 0 Å². The summed E-state index contributed by atoms with van der Waals surface area (Å²) in [6.07, 6.45) is 10.1.